The van der Waals surface area contributed by atoms with Crippen molar-refractivity contribution in [2.45, 2.75) is 89.2 Å². The Balaban J connectivity index is 3.18. The number of hydrogen-bond donors (Lipinski definition) is 2. The summed E-state index contributed by atoms with van der Waals surface area (Å²) in [5.41, 5.74) is 5.59. The standard InChI is InChI=1S/C17H37NOS/c1-2-3-4-5-6-7-8-9-10-11-16-20-17(12-14-18)13-15-19/h17,19H,2-16,18H2,1H3. The van der Waals surface area contributed by atoms with Crippen molar-refractivity contribution >= 4 is 11.8 Å². The van der Waals surface area contributed by atoms with Crippen molar-refractivity contribution < 1.29 is 5.11 Å². The lowest BCUT2D eigenvalue weighted by molar-refractivity contribution is 0.285. The molecule has 0 radical (unpaired) electrons. The molecule has 0 aromatic rings. The maximum absolute atomic E-state index is 8.99. The van der Waals surface area contributed by atoms with Gasteiger partial charge in [0.15, 0.2) is 0 Å². The summed E-state index contributed by atoms with van der Waals surface area (Å²) >= 11 is 2.01. The minimum absolute atomic E-state index is 0.301. The number of unbranched alkanes of at least 4 members (excludes halogenated alkanes) is 9. The summed E-state index contributed by atoms with van der Waals surface area (Å²) in [5, 5.41) is 9.56. The summed E-state index contributed by atoms with van der Waals surface area (Å²) in [6.45, 7) is 3.32. The zero-order valence-electron chi connectivity index (χ0n) is 13.6. The zero-order chi connectivity index (χ0) is 14.9. The summed E-state index contributed by atoms with van der Waals surface area (Å²) in [5.74, 6) is 1.24. The third-order valence-electron chi connectivity index (χ3n) is 3.79. The van der Waals surface area contributed by atoms with E-state index in [0.29, 0.717) is 11.9 Å². The summed E-state index contributed by atoms with van der Waals surface area (Å²) in [6, 6.07) is 0. The minimum Gasteiger partial charge on any atom is -0.396 e. The van der Waals surface area contributed by atoms with Crippen molar-refractivity contribution in [2.24, 2.45) is 5.73 Å². The van der Waals surface area contributed by atoms with Gasteiger partial charge in [-0.15, -0.1) is 0 Å². The lowest BCUT2D eigenvalue weighted by Crippen LogP contribution is -2.12. The zero-order valence-corrected chi connectivity index (χ0v) is 14.4. The summed E-state index contributed by atoms with van der Waals surface area (Å²) < 4.78 is 0. The van der Waals surface area contributed by atoms with Gasteiger partial charge in [0.05, 0.1) is 0 Å². The van der Waals surface area contributed by atoms with Crippen molar-refractivity contribution in [1.29, 1.82) is 0 Å². The van der Waals surface area contributed by atoms with Crippen LogP contribution in [0.15, 0.2) is 0 Å². The first-order valence-corrected chi connectivity index (χ1v) is 9.82. The van der Waals surface area contributed by atoms with Gasteiger partial charge in [-0.1, -0.05) is 64.7 Å². The molecule has 0 aliphatic heterocycles. The Kier molecular flexibility index (Phi) is 17.6. The molecule has 122 valence electrons. The maximum atomic E-state index is 8.99. The number of rotatable bonds is 16. The molecule has 1 atom stereocenters. The van der Waals surface area contributed by atoms with Crippen LogP contribution in [0.4, 0.5) is 0 Å². The molecule has 2 nitrogen and oxygen atoms in total. The molecule has 0 saturated heterocycles. The Bertz CT molecular complexity index is 172. The van der Waals surface area contributed by atoms with Crippen molar-refractivity contribution in [3.8, 4) is 0 Å². The quantitative estimate of drug-likeness (QED) is 0.405. The predicted octanol–water partition coefficient (Wildman–Crippen LogP) is 4.74. The molecule has 0 saturated carbocycles. The van der Waals surface area contributed by atoms with E-state index in [1.165, 1.54) is 70.0 Å². The number of hydrogen-bond acceptors (Lipinski definition) is 3. The summed E-state index contributed by atoms with van der Waals surface area (Å²) in [7, 11) is 0. The van der Waals surface area contributed by atoms with Crippen LogP contribution in [0.3, 0.4) is 0 Å². The predicted molar refractivity (Wildman–Crippen MR) is 93.5 cm³/mol. The van der Waals surface area contributed by atoms with E-state index < -0.39 is 0 Å². The topological polar surface area (TPSA) is 46.2 Å². The molecule has 0 aliphatic carbocycles. The highest BCUT2D eigenvalue weighted by Crippen LogP contribution is 2.20. The van der Waals surface area contributed by atoms with Gasteiger partial charge in [-0.25, -0.2) is 0 Å². The van der Waals surface area contributed by atoms with Crippen LogP contribution in [0, 0.1) is 0 Å². The lowest BCUT2D eigenvalue weighted by atomic mass is 10.1. The highest BCUT2D eigenvalue weighted by Gasteiger charge is 2.06. The van der Waals surface area contributed by atoms with Crippen molar-refractivity contribution in [1.82, 2.24) is 0 Å². The van der Waals surface area contributed by atoms with Crippen LogP contribution in [-0.4, -0.2) is 29.3 Å². The molecule has 3 heteroatoms. The smallest absolute Gasteiger partial charge is 0.0441 e. The first-order valence-electron chi connectivity index (χ1n) is 8.77. The van der Waals surface area contributed by atoms with Gasteiger partial charge in [0.25, 0.3) is 0 Å². The fraction of sp³-hybridized carbons (Fsp3) is 1.00. The Hall–Kier alpha value is 0.270. The molecular formula is C17H37NOS. The molecule has 1 unspecified atom stereocenters. The molecule has 0 fully saturated rings. The average molecular weight is 304 g/mol. The molecule has 0 amide bonds. The molecule has 0 bridgehead atoms. The maximum Gasteiger partial charge on any atom is 0.0441 e. The minimum atomic E-state index is 0.301. The Morgan fingerprint density at radius 2 is 1.40 bits per heavy atom. The van der Waals surface area contributed by atoms with Gasteiger partial charge in [0.1, 0.15) is 0 Å². The van der Waals surface area contributed by atoms with E-state index in [1.807, 2.05) is 11.8 Å². The third kappa shape index (κ3) is 14.7. The lowest BCUT2D eigenvalue weighted by Gasteiger charge is -2.13. The number of aliphatic hydroxyl groups excluding tert-OH is 1. The molecule has 0 aromatic heterocycles. The van der Waals surface area contributed by atoms with Crippen molar-refractivity contribution in [3.63, 3.8) is 0 Å². The molecule has 3 N–H and O–H groups in total. The molecular weight excluding hydrogens is 266 g/mol. The van der Waals surface area contributed by atoms with E-state index >= 15 is 0 Å². The number of aliphatic hydroxyl groups is 1. The van der Waals surface area contributed by atoms with Gasteiger partial charge < -0.3 is 10.8 Å². The van der Waals surface area contributed by atoms with Crippen LogP contribution in [0.5, 0.6) is 0 Å². The van der Waals surface area contributed by atoms with Crippen LogP contribution in [0.1, 0.15) is 84.0 Å². The third-order valence-corrected chi connectivity index (χ3v) is 5.26. The van der Waals surface area contributed by atoms with Crippen molar-refractivity contribution in [2.75, 3.05) is 18.9 Å². The second-order valence-electron chi connectivity index (χ2n) is 5.76. The van der Waals surface area contributed by atoms with Crippen LogP contribution in [0.2, 0.25) is 0 Å². The number of thioether (sulfide) groups is 1. The van der Waals surface area contributed by atoms with E-state index in [4.69, 9.17) is 10.8 Å². The van der Waals surface area contributed by atoms with E-state index in [0.717, 1.165) is 19.4 Å². The fourth-order valence-corrected chi connectivity index (χ4v) is 3.76. The molecule has 0 rings (SSSR count). The summed E-state index contributed by atoms with van der Waals surface area (Å²) in [4.78, 5) is 0. The van der Waals surface area contributed by atoms with Crippen LogP contribution < -0.4 is 5.73 Å². The summed E-state index contributed by atoms with van der Waals surface area (Å²) in [6.07, 6.45) is 15.9. The molecule has 0 heterocycles. The van der Waals surface area contributed by atoms with Gasteiger partial charge in [-0.2, -0.15) is 11.8 Å². The Labute approximate surface area is 131 Å². The largest absolute Gasteiger partial charge is 0.396 e. The van der Waals surface area contributed by atoms with Crippen LogP contribution >= 0.6 is 11.8 Å². The van der Waals surface area contributed by atoms with Gasteiger partial charge in [-0.3, -0.25) is 0 Å². The van der Waals surface area contributed by atoms with Gasteiger partial charge in [-0.05, 0) is 31.6 Å². The van der Waals surface area contributed by atoms with Crippen LogP contribution in [0.25, 0.3) is 0 Å². The van der Waals surface area contributed by atoms with E-state index in [1.54, 1.807) is 0 Å². The van der Waals surface area contributed by atoms with E-state index in [-0.39, 0.29) is 0 Å². The molecule has 0 aromatic carbocycles. The molecule has 0 aliphatic rings. The van der Waals surface area contributed by atoms with Gasteiger partial charge >= 0.3 is 0 Å². The first kappa shape index (κ1) is 20.3. The monoisotopic (exact) mass is 303 g/mol. The second kappa shape index (κ2) is 17.3. The van der Waals surface area contributed by atoms with Crippen molar-refractivity contribution in [3.05, 3.63) is 0 Å². The normalized spacial score (nSPS) is 12.8. The van der Waals surface area contributed by atoms with Crippen LogP contribution in [-0.2, 0) is 0 Å². The Morgan fingerprint density at radius 1 is 0.850 bits per heavy atom. The van der Waals surface area contributed by atoms with Gasteiger partial charge in [0, 0.05) is 11.9 Å². The van der Waals surface area contributed by atoms with E-state index in [9.17, 15) is 0 Å². The van der Waals surface area contributed by atoms with E-state index in [2.05, 4.69) is 6.92 Å². The highest BCUT2D eigenvalue weighted by molar-refractivity contribution is 7.99. The number of nitrogens with two attached hydrogens (primary N) is 1. The highest BCUT2D eigenvalue weighted by atomic mass is 32.2. The SMILES string of the molecule is CCCCCCCCCCCCSC(CCN)CCO. The average Bonchev–Trinajstić information content (AvgIpc) is 2.45. The van der Waals surface area contributed by atoms with Gasteiger partial charge in [0.2, 0.25) is 0 Å². The second-order valence-corrected chi connectivity index (χ2v) is 7.17. The first-order chi connectivity index (χ1) is 9.85. The Morgan fingerprint density at radius 3 is 1.90 bits per heavy atom. The molecule has 20 heavy (non-hydrogen) atoms. The fourth-order valence-electron chi connectivity index (χ4n) is 2.48. The molecule has 0 spiro atoms.